The van der Waals surface area contributed by atoms with Crippen LogP contribution in [0.3, 0.4) is 0 Å². The number of rotatable bonds is 15. The van der Waals surface area contributed by atoms with Crippen LogP contribution in [0.1, 0.15) is 40.5 Å². The van der Waals surface area contributed by atoms with Gasteiger partial charge in [-0.15, -0.1) is 0 Å². The van der Waals surface area contributed by atoms with Crippen LogP contribution in [0.4, 0.5) is 0 Å². The van der Waals surface area contributed by atoms with E-state index in [-0.39, 0.29) is 0 Å². The fraction of sp³-hybridized carbons (Fsp3) is 1.00. The summed E-state index contributed by atoms with van der Waals surface area (Å²) < 4.78 is 11.1. The Morgan fingerprint density at radius 1 is 0.700 bits per heavy atom. The Hall–Kier alpha value is 0.274. The maximum Gasteiger partial charge on any atom is 0.230 e. The van der Waals surface area contributed by atoms with Crippen molar-refractivity contribution in [2.24, 2.45) is 0 Å². The lowest BCUT2D eigenvalue weighted by Gasteiger charge is -2.08. The third-order valence-corrected chi connectivity index (χ3v) is 4.77. The third-order valence-electron chi connectivity index (χ3n) is 2.38. The van der Waals surface area contributed by atoms with Gasteiger partial charge in [-0.1, -0.05) is 0 Å². The van der Waals surface area contributed by atoms with Gasteiger partial charge < -0.3 is 19.5 Å². The van der Waals surface area contributed by atoms with Crippen molar-refractivity contribution in [1.82, 2.24) is 10.6 Å². The molecule has 0 aliphatic heterocycles. The number of nitrogens with one attached hydrogen (secondary N) is 2. The van der Waals surface area contributed by atoms with Crippen LogP contribution in [0.5, 0.6) is 0 Å². The van der Waals surface area contributed by atoms with Gasteiger partial charge in [-0.05, 0) is 65.7 Å². The molecule has 0 rings (SSSR count). The summed E-state index contributed by atoms with van der Waals surface area (Å²) in [6.07, 6.45) is 3.16. The van der Waals surface area contributed by atoms with Crippen LogP contribution in [-0.4, -0.2) is 57.9 Å². The van der Waals surface area contributed by atoms with Gasteiger partial charge in [0.25, 0.3) is 0 Å². The van der Waals surface area contributed by atoms with Gasteiger partial charge in [0, 0.05) is 25.3 Å². The first-order valence-corrected chi connectivity index (χ1v) is 10.0. The molecule has 0 aromatic carbocycles. The number of hydrogen-bond acceptors (Lipinski definition) is 4. The van der Waals surface area contributed by atoms with Crippen LogP contribution in [0.25, 0.3) is 0 Å². The molecule has 0 fully saturated rings. The molecule has 20 heavy (non-hydrogen) atoms. The molecule has 4 nitrogen and oxygen atoms in total. The second kappa shape index (κ2) is 15.7. The molecule has 0 spiro atoms. The Morgan fingerprint density at radius 3 is 1.45 bits per heavy atom. The van der Waals surface area contributed by atoms with Gasteiger partial charge in [0.05, 0.1) is 0 Å². The molecule has 0 aromatic rings. The van der Waals surface area contributed by atoms with E-state index in [9.17, 15) is 0 Å². The highest BCUT2D eigenvalue weighted by molar-refractivity contribution is 6.27. The number of hydrogen-bond donors (Lipinski definition) is 2. The topological polar surface area (TPSA) is 42.5 Å². The standard InChI is InChI=1S/C14H32N2O2Si2/c1-13(2)17-19-11-5-7-15-9-10-16-8-6-12-20-18-14(3)4/h13-16H,5-12H2,1-4H3. The average molecular weight is 317 g/mol. The molecule has 118 valence electrons. The summed E-state index contributed by atoms with van der Waals surface area (Å²) in [5.74, 6) is 0. The van der Waals surface area contributed by atoms with Crippen molar-refractivity contribution >= 4 is 19.5 Å². The fourth-order valence-corrected chi connectivity index (χ4v) is 2.99. The minimum Gasteiger partial charge on any atom is -0.415 e. The smallest absolute Gasteiger partial charge is 0.230 e. The molecule has 4 radical (unpaired) electrons. The molecule has 6 heteroatoms. The van der Waals surface area contributed by atoms with E-state index in [0.717, 1.165) is 26.2 Å². The van der Waals surface area contributed by atoms with Crippen LogP contribution in [-0.2, 0) is 8.85 Å². The highest BCUT2D eigenvalue weighted by Gasteiger charge is 1.97. The lowest BCUT2D eigenvalue weighted by atomic mass is 10.4. The highest BCUT2D eigenvalue weighted by Crippen LogP contribution is 1.93. The van der Waals surface area contributed by atoms with Gasteiger partial charge in [0.15, 0.2) is 0 Å². The molecule has 0 saturated carbocycles. The molecule has 2 N–H and O–H groups in total. The van der Waals surface area contributed by atoms with Gasteiger partial charge in [-0.2, -0.15) is 0 Å². The van der Waals surface area contributed by atoms with E-state index in [1.54, 1.807) is 0 Å². The summed E-state index contributed by atoms with van der Waals surface area (Å²) in [7, 11) is 1.31. The molecule has 0 aliphatic rings. The van der Waals surface area contributed by atoms with Crippen molar-refractivity contribution in [3.63, 3.8) is 0 Å². The Kier molecular flexibility index (Phi) is 15.9. The van der Waals surface area contributed by atoms with E-state index < -0.39 is 0 Å². The molecule has 0 bridgehead atoms. The highest BCUT2D eigenvalue weighted by atomic mass is 28.2. The molecular weight excluding hydrogens is 284 g/mol. The first-order chi connectivity index (χ1) is 9.63. The van der Waals surface area contributed by atoms with Crippen LogP contribution < -0.4 is 10.6 Å². The summed E-state index contributed by atoms with van der Waals surface area (Å²) in [5, 5.41) is 6.91. The predicted molar refractivity (Wildman–Crippen MR) is 88.5 cm³/mol. The van der Waals surface area contributed by atoms with Crippen LogP contribution in [0, 0.1) is 0 Å². The maximum absolute atomic E-state index is 5.53. The summed E-state index contributed by atoms with van der Waals surface area (Å²) in [6.45, 7) is 12.7. The zero-order chi connectivity index (χ0) is 15.1. The second-order valence-corrected chi connectivity index (χ2v) is 7.38. The van der Waals surface area contributed by atoms with E-state index in [1.807, 2.05) is 0 Å². The van der Waals surface area contributed by atoms with E-state index in [0.29, 0.717) is 31.7 Å². The predicted octanol–water partition coefficient (Wildman–Crippen LogP) is 1.87. The summed E-state index contributed by atoms with van der Waals surface area (Å²) in [4.78, 5) is 0. The van der Waals surface area contributed by atoms with Crippen molar-refractivity contribution in [2.45, 2.75) is 64.8 Å². The maximum atomic E-state index is 5.53. The lowest BCUT2D eigenvalue weighted by molar-refractivity contribution is 0.254. The average Bonchev–Trinajstić information content (AvgIpc) is 2.38. The van der Waals surface area contributed by atoms with Crippen molar-refractivity contribution in [3.05, 3.63) is 0 Å². The van der Waals surface area contributed by atoms with Gasteiger partial charge in [0.1, 0.15) is 0 Å². The zero-order valence-electron chi connectivity index (χ0n) is 13.6. The molecule has 0 aromatic heterocycles. The van der Waals surface area contributed by atoms with Crippen LogP contribution in [0.15, 0.2) is 0 Å². The third kappa shape index (κ3) is 18.3. The van der Waals surface area contributed by atoms with Gasteiger partial charge in [0.2, 0.25) is 19.5 Å². The Morgan fingerprint density at radius 2 is 1.10 bits per heavy atom. The quantitative estimate of drug-likeness (QED) is 0.357. The second-order valence-electron chi connectivity index (χ2n) is 5.33. The molecule has 0 atom stereocenters. The Balaban J connectivity index is 2.96. The van der Waals surface area contributed by atoms with Crippen LogP contribution >= 0.6 is 0 Å². The van der Waals surface area contributed by atoms with Gasteiger partial charge in [-0.3, -0.25) is 0 Å². The first-order valence-electron chi connectivity index (χ1n) is 7.81. The fourth-order valence-electron chi connectivity index (χ4n) is 1.45. The normalized spacial score (nSPS) is 11.7. The van der Waals surface area contributed by atoms with Crippen molar-refractivity contribution in [1.29, 1.82) is 0 Å². The minimum atomic E-state index is 0.372. The van der Waals surface area contributed by atoms with Gasteiger partial charge >= 0.3 is 0 Å². The molecule has 0 saturated heterocycles. The Labute approximate surface area is 130 Å². The minimum absolute atomic E-state index is 0.372. The summed E-state index contributed by atoms with van der Waals surface area (Å²) >= 11 is 0. The summed E-state index contributed by atoms with van der Waals surface area (Å²) in [5.41, 5.74) is 0. The molecule has 0 heterocycles. The molecule has 0 aliphatic carbocycles. The first kappa shape index (κ1) is 20.3. The van der Waals surface area contributed by atoms with E-state index in [4.69, 9.17) is 8.85 Å². The van der Waals surface area contributed by atoms with Crippen molar-refractivity contribution in [2.75, 3.05) is 26.2 Å². The molecular formula is C14H32N2O2Si2. The van der Waals surface area contributed by atoms with Crippen LogP contribution in [0.2, 0.25) is 12.1 Å². The molecule has 0 amide bonds. The zero-order valence-corrected chi connectivity index (χ0v) is 15.6. The van der Waals surface area contributed by atoms with Crippen molar-refractivity contribution < 1.29 is 8.85 Å². The lowest BCUT2D eigenvalue weighted by Crippen LogP contribution is -2.28. The monoisotopic (exact) mass is 316 g/mol. The SMILES string of the molecule is CC(C)O[Si]CCCNCCNCCC[Si]OC(C)C. The van der Waals surface area contributed by atoms with Crippen molar-refractivity contribution in [3.8, 4) is 0 Å². The summed E-state index contributed by atoms with van der Waals surface area (Å²) in [6, 6.07) is 2.35. The van der Waals surface area contributed by atoms with E-state index >= 15 is 0 Å². The van der Waals surface area contributed by atoms with E-state index in [2.05, 4.69) is 38.3 Å². The van der Waals surface area contributed by atoms with Gasteiger partial charge in [-0.25, -0.2) is 0 Å². The Bertz CT molecular complexity index is 176. The largest absolute Gasteiger partial charge is 0.415 e. The van der Waals surface area contributed by atoms with E-state index in [1.165, 1.54) is 24.9 Å². The molecule has 0 unspecified atom stereocenters.